The van der Waals surface area contributed by atoms with Crippen molar-refractivity contribution in [3.05, 3.63) is 59.2 Å². The topological polar surface area (TPSA) is 89.1 Å². The standard InChI is InChI=1S/C19H23F2N3O3.HI/c1-19(25,14-6-5-13(20)9-15(14)21)11-24-18(22)23-10-12-4-7-16(26-2)17(8-12)27-3;/h4-9,25H,10-11H2,1-3H3,(H3,22,23,24);1H. The molecule has 2 rings (SSSR count). The number of benzene rings is 2. The van der Waals surface area contributed by atoms with E-state index in [1.165, 1.54) is 20.1 Å². The summed E-state index contributed by atoms with van der Waals surface area (Å²) in [6, 6.07) is 8.36. The number of aliphatic imine (C=N–C) groups is 1. The number of hydrogen-bond donors (Lipinski definition) is 3. The largest absolute Gasteiger partial charge is 0.493 e. The van der Waals surface area contributed by atoms with Gasteiger partial charge in [0.25, 0.3) is 0 Å². The number of aliphatic hydroxyl groups is 1. The molecular weight excluding hydrogens is 483 g/mol. The summed E-state index contributed by atoms with van der Waals surface area (Å²) in [4.78, 5) is 4.18. The van der Waals surface area contributed by atoms with Gasteiger partial charge in [0.1, 0.15) is 17.2 Å². The number of nitrogens with zero attached hydrogens (tertiary/aromatic N) is 1. The first-order valence-corrected chi connectivity index (χ1v) is 8.19. The Hall–Kier alpha value is -2.14. The van der Waals surface area contributed by atoms with E-state index in [0.717, 1.165) is 17.7 Å². The molecule has 6 nitrogen and oxygen atoms in total. The van der Waals surface area contributed by atoms with E-state index in [4.69, 9.17) is 15.2 Å². The van der Waals surface area contributed by atoms with E-state index in [1.54, 1.807) is 19.2 Å². The van der Waals surface area contributed by atoms with Gasteiger partial charge in [-0.05, 0) is 30.7 Å². The number of rotatable bonds is 7. The summed E-state index contributed by atoms with van der Waals surface area (Å²) in [5.74, 6) is -0.286. The Balaban J connectivity index is 0.00000392. The van der Waals surface area contributed by atoms with Crippen molar-refractivity contribution in [1.82, 2.24) is 5.32 Å². The summed E-state index contributed by atoms with van der Waals surface area (Å²) in [6.45, 7) is 1.57. The van der Waals surface area contributed by atoms with Crippen LogP contribution in [0.2, 0.25) is 0 Å². The van der Waals surface area contributed by atoms with Gasteiger partial charge < -0.3 is 25.6 Å². The normalized spacial score (nSPS) is 13.3. The van der Waals surface area contributed by atoms with Gasteiger partial charge in [-0.2, -0.15) is 0 Å². The number of nitrogens with two attached hydrogens (primary N) is 1. The van der Waals surface area contributed by atoms with Gasteiger partial charge >= 0.3 is 0 Å². The molecule has 0 saturated heterocycles. The minimum Gasteiger partial charge on any atom is -0.493 e. The molecule has 0 radical (unpaired) electrons. The fraction of sp³-hybridized carbons (Fsp3) is 0.316. The summed E-state index contributed by atoms with van der Waals surface area (Å²) in [7, 11) is 3.09. The van der Waals surface area contributed by atoms with Crippen molar-refractivity contribution in [2.45, 2.75) is 19.1 Å². The van der Waals surface area contributed by atoms with Crippen molar-refractivity contribution >= 4 is 29.9 Å². The number of methoxy groups -OCH3 is 2. The average Bonchev–Trinajstić information content (AvgIpc) is 2.64. The zero-order chi connectivity index (χ0) is 20.0. The van der Waals surface area contributed by atoms with Crippen LogP contribution >= 0.6 is 24.0 Å². The van der Waals surface area contributed by atoms with Crippen molar-refractivity contribution in [1.29, 1.82) is 0 Å². The third kappa shape index (κ3) is 6.20. The smallest absolute Gasteiger partial charge is 0.189 e. The van der Waals surface area contributed by atoms with Crippen LogP contribution in [0.3, 0.4) is 0 Å². The Kier molecular flexibility index (Phi) is 8.89. The highest BCUT2D eigenvalue weighted by molar-refractivity contribution is 14.0. The van der Waals surface area contributed by atoms with Gasteiger partial charge in [0.05, 0.1) is 27.3 Å². The molecule has 1 unspecified atom stereocenters. The lowest BCUT2D eigenvalue weighted by atomic mass is 9.95. The molecule has 2 aromatic carbocycles. The molecule has 0 aliphatic heterocycles. The van der Waals surface area contributed by atoms with Crippen molar-refractivity contribution in [3.8, 4) is 11.5 Å². The predicted octanol–water partition coefficient (Wildman–Crippen LogP) is 2.91. The van der Waals surface area contributed by atoms with Crippen LogP contribution in [0.25, 0.3) is 0 Å². The number of ether oxygens (including phenoxy) is 2. The third-order valence-corrected chi connectivity index (χ3v) is 4.01. The van der Waals surface area contributed by atoms with Crippen LogP contribution in [0.15, 0.2) is 41.4 Å². The maximum atomic E-state index is 13.9. The SMILES string of the molecule is COc1ccc(CN=C(N)NCC(C)(O)c2ccc(F)cc2F)cc1OC.I. The van der Waals surface area contributed by atoms with E-state index in [1.807, 2.05) is 6.07 Å². The molecular formula is C19H24F2IN3O3. The maximum Gasteiger partial charge on any atom is 0.189 e. The number of guanidine groups is 1. The molecule has 0 bridgehead atoms. The van der Waals surface area contributed by atoms with Crippen LogP contribution in [0.5, 0.6) is 11.5 Å². The van der Waals surface area contributed by atoms with E-state index in [0.29, 0.717) is 11.5 Å². The van der Waals surface area contributed by atoms with E-state index >= 15 is 0 Å². The Morgan fingerprint density at radius 1 is 1.14 bits per heavy atom. The summed E-state index contributed by atoms with van der Waals surface area (Å²) < 4.78 is 37.3. The molecule has 154 valence electrons. The Labute approximate surface area is 179 Å². The van der Waals surface area contributed by atoms with E-state index in [9.17, 15) is 13.9 Å². The second-order valence-corrected chi connectivity index (χ2v) is 6.14. The second-order valence-electron chi connectivity index (χ2n) is 6.14. The quantitative estimate of drug-likeness (QED) is 0.305. The minimum atomic E-state index is -1.60. The molecule has 4 N–H and O–H groups in total. The van der Waals surface area contributed by atoms with Gasteiger partial charge in [-0.1, -0.05) is 12.1 Å². The van der Waals surface area contributed by atoms with Crippen LogP contribution in [-0.2, 0) is 12.1 Å². The lowest BCUT2D eigenvalue weighted by molar-refractivity contribution is 0.0579. The molecule has 0 spiro atoms. The van der Waals surface area contributed by atoms with Crippen LogP contribution in [0, 0.1) is 11.6 Å². The third-order valence-electron chi connectivity index (χ3n) is 4.01. The monoisotopic (exact) mass is 507 g/mol. The van der Waals surface area contributed by atoms with Crippen LogP contribution in [0.1, 0.15) is 18.1 Å². The maximum absolute atomic E-state index is 13.9. The first kappa shape index (κ1) is 23.9. The molecule has 28 heavy (non-hydrogen) atoms. The van der Waals surface area contributed by atoms with Gasteiger partial charge in [0, 0.05) is 11.6 Å². The number of nitrogens with one attached hydrogen (secondary N) is 1. The highest BCUT2D eigenvalue weighted by Crippen LogP contribution is 2.27. The molecule has 0 fully saturated rings. The van der Waals surface area contributed by atoms with Crippen molar-refractivity contribution in [2.24, 2.45) is 10.7 Å². The van der Waals surface area contributed by atoms with Crippen LogP contribution in [0.4, 0.5) is 8.78 Å². The minimum absolute atomic E-state index is 0. The highest BCUT2D eigenvalue weighted by atomic mass is 127. The van der Waals surface area contributed by atoms with Gasteiger partial charge in [0.15, 0.2) is 17.5 Å². The van der Waals surface area contributed by atoms with E-state index < -0.39 is 17.2 Å². The molecule has 0 saturated carbocycles. The van der Waals surface area contributed by atoms with Crippen LogP contribution in [-0.4, -0.2) is 31.8 Å². The number of hydrogen-bond acceptors (Lipinski definition) is 4. The van der Waals surface area contributed by atoms with Gasteiger partial charge in [0.2, 0.25) is 0 Å². The zero-order valence-electron chi connectivity index (χ0n) is 15.8. The molecule has 1 atom stereocenters. The molecule has 0 amide bonds. The fourth-order valence-electron chi connectivity index (χ4n) is 2.50. The summed E-state index contributed by atoms with van der Waals surface area (Å²) in [6.07, 6.45) is 0. The van der Waals surface area contributed by atoms with Crippen molar-refractivity contribution in [2.75, 3.05) is 20.8 Å². The van der Waals surface area contributed by atoms with Gasteiger partial charge in [-0.15, -0.1) is 24.0 Å². The first-order chi connectivity index (χ1) is 12.8. The zero-order valence-corrected chi connectivity index (χ0v) is 18.2. The second kappa shape index (κ2) is 10.4. The summed E-state index contributed by atoms with van der Waals surface area (Å²) in [5.41, 5.74) is 5.02. The Morgan fingerprint density at radius 2 is 1.82 bits per heavy atom. The molecule has 9 heteroatoms. The summed E-state index contributed by atoms with van der Waals surface area (Å²) in [5, 5.41) is 13.2. The lowest BCUT2D eigenvalue weighted by Crippen LogP contribution is -2.42. The molecule has 0 aromatic heterocycles. The predicted molar refractivity (Wildman–Crippen MR) is 114 cm³/mol. The van der Waals surface area contributed by atoms with Crippen LogP contribution < -0.4 is 20.5 Å². The highest BCUT2D eigenvalue weighted by Gasteiger charge is 2.26. The number of halogens is 3. The van der Waals surface area contributed by atoms with Crippen molar-refractivity contribution < 1.29 is 23.4 Å². The van der Waals surface area contributed by atoms with E-state index in [-0.39, 0.29) is 48.6 Å². The lowest BCUT2D eigenvalue weighted by Gasteiger charge is -2.25. The summed E-state index contributed by atoms with van der Waals surface area (Å²) >= 11 is 0. The fourth-order valence-corrected chi connectivity index (χ4v) is 2.50. The molecule has 0 aliphatic carbocycles. The van der Waals surface area contributed by atoms with Gasteiger partial charge in [-0.3, -0.25) is 0 Å². The van der Waals surface area contributed by atoms with Gasteiger partial charge in [-0.25, -0.2) is 13.8 Å². The average molecular weight is 507 g/mol. The van der Waals surface area contributed by atoms with E-state index in [2.05, 4.69) is 10.3 Å². The molecule has 0 aliphatic rings. The van der Waals surface area contributed by atoms with Crippen molar-refractivity contribution in [3.63, 3.8) is 0 Å². The Bertz CT molecular complexity index is 832. The molecule has 0 heterocycles. The first-order valence-electron chi connectivity index (χ1n) is 8.19. The Morgan fingerprint density at radius 3 is 2.43 bits per heavy atom. The molecule has 2 aromatic rings.